The van der Waals surface area contributed by atoms with Crippen molar-refractivity contribution >= 4 is 23.5 Å². The van der Waals surface area contributed by atoms with Gasteiger partial charge in [-0.1, -0.05) is 51.9 Å². The summed E-state index contributed by atoms with van der Waals surface area (Å²) in [6.07, 6.45) is -2.53. The quantitative estimate of drug-likeness (QED) is 0.390. The second kappa shape index (κ2) is 11.7. The average Bonchev–Trinajstić information content (AvgIpc) is 3.53. The van der Waals surface area contributed by atoms with Crippen molar-refractivity contribution in [3.63, 3.8) is 0 Å². The van der Waals surface area contributed by atoms with E-state index in [-0.39, 0.29) is 22.2 Å². The minimum atomic E-state index is -4.47. The van der Waals surface area contributed by atoms with E-state index in [4.69, 9.17) is 14.8 Å². The van der Waals surface area contributed by atoms with Gasteiger partial charge in [-0.2, -0.15) is 13.2 Å². The van der Waals surface area contributed by atoms with Crippen LogP contribution in [0.4, 0.5) is 24.8 Å². The summed E-state index contributed by atoms with van der Waals surface area (Å²) in [7, 11) is 0. The molecule has 1 saturated heterocycles. The number of nitrogens with two attached hydrogens (primary N) is 1. The Labute approximate surface area is 231 Å². The van der Waals surface area contributed by atoms with Crippen molar-refractivity contribution in [2.75, 3.05) is 17.6 Å². The summed E-state index contributed by atoms with van der Waals surface area (Å²) in [5.74, 6) is 1.27. The molecule has 218 valence electrons. The van der Waals surface area contributed by atoms with Gasteiger partial charge in [0.25, 0.3) is 5.91 Å². The van der Waals surface area contributed by atoms with Gasteiger partial charge in [-0.15, -0.1) is 0 Å². The molecule has 9 nitrogen and oxygen atoms in total. The van der Waals surface area contributed by atoms with Crippen LogP contribution in [0.2, 0.25) is 0 Å². The molecule has 12 heteroatoms. The number of carbonyl (C=O) groups excluding carboxylic acids is 2. The first-order chi connectivity index (χ1) is 18.5. The molecular formula is C28H36F3N5O4. The second-order valence-electron chi connectivity index (χ2n) is 11.8. The van der Waals surface area contributed by atoms with E-state index in [2.05, 4.69) is 15.6 Å². The van der Waals surface area contributed by atoms with Crippen LogP contribution in [0.5, 0.6) is 0 Å². The van der Waals surface area contributed by atoms with Crippen LogP contribution < -0.4 is 11.1 Å². The zero-order valence-corrected chi connectivity index (χ0v) is 23.6. The van der Waals surface area contributed by atoms with Crippen molar-refractivity contribution in [2.45, 2.75) is 83.9 Å². The van der Waals surface area contributed by atoms with E-state index < -0.39 is 29.6 Å². The number of halogens is 3. The van der Waals surface area contributed by atoms with Crippen LogP contribution in [-0.4, -0.2) is 39.6 Å². The molecular weight excluding hydrogens is 527 g/mol. The lowest BCUT2D eigenvalue weighted by atomic mass is 9.93. The highest BCUT2D eigenvalue weighted by Gasteiger charge is 2.34. The van der Waals surface area contributed by atoms with Crippen molar-refractivity contribution in [2.24, 2.45) is 0 Å². The number of carbonyl (C=O) groups is 2. The molecule has 3 aromatic rings. The fourth-order valence-electron chi connectivity index (χ4n) is 3.95. The Bertz CT molecular complexity index is 1300. The van der Waals surface area contributed by atoms with Gasteiger partial charge in [-0.3, -0.25) is 9.59 Å². The molecule has 1 unspecified atom stereocenters. The Morgan fingerprint density at radius 1 is 0.925 bits per heavy atom. The molecule has 1 aliphatic heterocycles. The predicted molar refractivity (Wildman–Crippen MR) is 144 cm³/mol. The average molecular weight is 564 g/mol. The summed E-state index contributed by atoms with van der Waals surface area (Å²) in [4.78, 5) is 27.1. The highest BCUT2D eigenvalue weighted by atomic mass is 19.4. The van der Waals surface area contributed by atoms with Crippen LogP contribution in [0.1, 0.15) is 88.2 Å². The molecule has 0 aliphatic carbocycles. The lowest BCUT2D eigenvalue weighted by Crippen LogP contribution is -2.50. The number of likely N-dealkylation sites (tertiary alicyclic amines) is 1. The molecule has 1 atom stereocenters. The molecule has 4 rings (SSSR count). The maximum atomic E-state index is 12.9. The van der Waals surface area contributed by atoms with Crippen molar-refractivity contribution in [1.29, 1.82) is 0 Å². The number of anilines is 2. The number of nitrogens with zero attached hydrogens (tertiary/aromatic N) is 3. The number of aromatic nitrogens is 2. The standard InChI is InChI=1S/C21H24F3N3O3.C7H12N2O/c1-20(2,3)16-12-17(26-30-16)25-18(28)15-6-4-5-11-27(15)19(29)13-7-9-14(10-8-13)21(22,23)24;1-7(2,3)5-4-6(8)9-10-5/h7-10,12,15H,4-6,11H2,1-3H3,(H,25,26,28);4H,1-3H3,(H2,8,9). The summed E-state index contributed by atoms with van der Waals surface area (Å²) < 4.78 is 48.5. The van der Waals surface area contributed by atoms with E-state index in [0.29, 0.717) is 31.0 Å². The summed E-state index contributed by atoms with van der Waals surface area (Å²) in [5.41, 5.74) is 4.39. The first kappa shape index (κ1) is 30.7. The first-order valence-electron chi connectivity index (χ1n) is 13.0. The van der Waals surface area contributed by atoms with Crippen LogP contribution in [0.3, 0.4) is 0 Å². The van der Waals surface area contributed by atoms with Crippen molar-refractivity contribution in [1.82, 2.24) is 15.2 Å². The number of hydrogen-bond donors (Lipinski definition) is 2. The number of benzene rings is 1. The molecule has 1 aliphatic rings. The molecule has 0 spiro atoms. The lowest BCUT2D eigenvalue weighted by molar-refractivity contribution is -0.137. The normalized spacial score (nSPS) is 16.2. The van der Waals surface area contributed by atoms with E-state index in [1.54, 1.807) is 12.1 Å². The number of hydrogen-bond acceptors (Lipinski definition) is 7. The van der Waals surface area contributed by atoms with Crippen molar-refractivity contribution < 1.29 is 31.8 Å². The topological polar surface area (TPSA) is 127 Å². The highest BCUT2D eigenvalue weighted by Crippen LogP contribution is 2.30. The second-order valence-corrected chi connectivity index (χ2v) is 11.8. The molecule has 0 saturated carbocycles. The van der Waals surface area contributed by atoms with Crippen molar-refractivity contribution in [3.05, 3.63) is 59.0 Å². The van der Waals surface area contributed by atoms with Gasteiger partial charge in [0.15, 0.2) is 11.6 Å². The van der Waals surface area contributed by atoms with Gasteiger partial charge in [0.1, 0.15) is 17.6 Å². The molecule has 1 fully saturated rings. The Balaban J connectivity index is 0.000000371. The SMILES string of the molecule is CC(C)(C)c1cc(N)no1.CC(C)(C)c1cc(NC(=O)C2CCCCN2C(=O)c2ccc(C(F)(F)F)cc2)no1. The minimum absolute atomic E-state index is 0.00458. The number of alkyl halides is 3. The zero-order valence-electron chi connectivity index (χ0n) is 23.6. The number of nitrogens with one attached hydrogen (secondary N) is 1. The van der Waals surface area contributed by atoms with Gasteiger partial charge in [-0.05, 0) is 43.5 Å². The van der Waals surface area contributed by atoms with Crippen LogP contribution in [0.25, 0.3) is 0 Å². The molecule has 3 heterocycles. The number of amides is 2. The maximum absolute atomic E-state index is 12.9. The van der Waals surface area contributed by atoms with Crippen LogP contribution in [-0.2, 0) is 21.8 Å². The van der Waals surface area contributed by atoms with Gasteiger partial charge in [-0.25, -0.2) is 0 Å². The third kappa shape index (κ3) is 7.86. The number of piperidine rings is 1. The smallest absolute Gasteiger partial charge is 0.381 e. The van der Waals surface area contributed by atoms with Gasteiger partial charge < -0.3 is 25.0 Å². The van der Waals surface area contributed by atoms with E-state index in [0.717, 1.165) is 36.4 Å². The van der Waals surface area contributed by atoms with Crippen LogP contribution in [0, 0.1) is 0 Å². The fourth-order valence-corrected chi connectivity index (χ4v) is 3.95. The molecule has 0 bridgehead atoms. The molecule has 1 aromatic carbocycles. The summed E-state index contributed by atoms with van der Waals surface area (Å²) >= 11 is 0. The fraction of sp³-hybridized carbons (Fsp3) is 0.500. The van der Waals surface area contributed by atoms with E-state index in [1.165, 1.54) is 4.90 Å². The Kier molecular flexibility index (Phi) is 9.00. The van der Waals surface area contributed by atoms with Crippen molar-refractivity contribution in [3.8, 4) is 0 Å². The molecule has 2 aromatic heterocycles. The number of nitrogen functional groups attached to an aromatic ring is 1. The molecule has 3 N–H and O–H groups in total. The third-order valence-electron chi connectivity index (χ3n) is 6.29. The predicted octanol–water partition coefficient (Wildman–Crippen LogP) is 6.18. The summed E-state index contributed by atoms with van der Waals surface area (Å²) in [6, 6.07) is 6.68. The monoisotopic (exact) mass is 563 g/mol. The van der Waals surface area contributed by atoms with E-state index in [9.17, 15) is 22.8 Å². The van der Waals surface area contributed by atoms with E-state index in [1.807, 2.05) is 41.5 Å². The molecule has 40 heavy (non-hydrogen) atoms. The largest absolute Gasteiger partial charge is 0.416 e. The van der Waals surface area contributed by atoms with Crippen LogP contribution >= 0.6 is 0 Å². The number of rotatable bonds is 3. The summed E-state index contributed by atoms with van der Waals surface area (Å²) in [5, 5.41) is 10.1. The highest BCUT2D eigenvalue weighted by molar-refractivity contribution is 6.01. The van der Waals surface area contributed by atoms with Gasteiger partial charge >= 0.3 is 6.18 Å². The van der Waals surface area contributed by atoms with E-state index >= 15 is 0 Å². The summed E-state index contributed by atoms with van der Waals surface area (Å²) in [6.45, 7) is 12.3. The molecule has 0 radical (unpaired) electrons. The van der Waals surface area contributed by atoms with Crippen LogP contribution in [0.15, 0.2) is 45.4 Å². The van der Waals surface area contributed by atoms with Gasteiger partial charge in [0.05, 0.1) is 5.56 Å². The zero-order chi connectivity index (χ0) is 29.9. The first-order valence-corrected chi connectivity index (χ1v) is 13.0. The Hall–Kier alpha value is -3.83. The van der Waals surface area contributed by atoms with Gasteiger partial charge in [0.2, 0.25) is 5.91 Å². The molecule has 2 amide bonds. The Morgan fingerprint density at radius 2 is 1.50 bits per heavy atom. The maximum Gasteiger partial charge on any atom is 0.416 e. The minimum Gasteiger partial charge on any atom is -0.381 e. The third-order valence-corrected chi connectivity index (χ3v) is 6.29. The Morgan fingerprint density at radius 3 is 1.98 bits per heavy atom. The van der Waals surface area contributed by atoms with Gasteiger partial charge in [0, 0.05) is 35.1 Å². The lowest BCUT2D eigenvalue weighted by Gasteiger charge is -2.34.